The van der Waals surface area contributed by atoms with Gasteiger partial charge in [-0.1, -0.05) is 43.0 Å². The molecule has 1 aromatic carbocycles. The van der Waals surface area contributed by atoms with Crippen LogP contribution < -0.4 is 9.64 Å². The fourth-order valence-corrected chi connectivity index (χ4v) is 3.28. The molecular weight excluding hydrogens is 362 g/mol. The minimum Gasteiger partial charge on any atom is -0.447 e. The van der Waals surface area contributed by atoms with Crippen molar-refractivity contribution in [1.29, 1.82) is 0 Å². The number of hydrogen-bond donors (Lipinski definition) is 0. The average Bonchev–Trinajstić information content (AvgIpc) is 2.88. The molecule has 0 N–H and O–H groups in total. The van der Waals surface area contributed by atoms with Crippen molar-refractivity contribution in [3.05, 3.63) is 54.4 Å². The zero-order valence-corrected chi connectivity index (χ0v) is 15.7. The number of nitrogens with zero attached hydrogens (tertiary/aromatic N) is 5. The van der Waals surface area contributed by atoms with E-state index < -0.39 is 6.23 Å². The molecular formula is C19H17N5O2S. The fourth-order valence-electron chi connectivity index (χ4n) is 2.98. The number of amides is 1. The molecule has 27 heavy (non-hydrogen) atoms. The smallest absolute Gasteiger partial charge is 0.247 e. The molecule has 0 spiro atoms. The predicted octanol–water partition coefficient (Wildman–Crippen LogP) is 3.49. The normalized spacial score (nSPS) is 15.3. The number of anilines is 1. The third-order valence-corrected chi connectivity index (χ3v) is 4.77. The lowest BCUT2D eigenvalue weighted by atomic mass is 10.1. The molecule has 1 aliphatic rings. The van der Waals surface area contributed by atoms with Gasteiger partial charge in [0.05, 0.1) is 5.69 Å². The van der Waals surface area contributed by atoms with Crippen LogP contribution in [0.4, 0.5) is 5.69 Å². The number of carbonyl (C=O) groups is 1. The molecule has 0 bridgehead atoms. The van der Waals surface area contributed by atoms with Gasteiger partial charge in [-0.25, -0.2) is 0 Å². The molecule has 2 aromatic heterocycles. The van der Waals surface area contributed by atoms with E-state index in [2.05, 4.69) is 20.2 Å². The summed E-state index contributed by atoms with van der Waals surface area (Å²) in [6, 6.07) is 11.3. The second-order valence-corrected chi connectivity index (χ2v) is 6.62. The molecule has 0 saturated carbocycles. The van der Waals surface area contributed by atoms with E-state index in [0.717, 1.165) is 11.1 Å². The molecule has 3 heterocycles. The van der Waals surface area contributed by atoms with E-state index >= 15 is 0 Å². The van der Waals surface area contributed by atoms with Crippen molar-refractivity contribution in [2.75, 3.05) is 11.2 Å². The van der Waals surface area contributed by atoms with Gasteiger partial charge in [-0.05, 0) is 18.4 Å². The van der Waals surface area contributed by atoms with E-state index in [-0.39, 0.29) is 5.91 Å². The quantitative estimate of drug-likeness (QED) is 0.644. The summed E-state index contributed by atoms with van der Waals surface area (Å²) in [4.78, 5) is 23.2. The maximum absolute atomic E-state index is 12.9. The van der Waals surface area contributed by atoms with Crippen LogP contribution in [-0.2, 0) is 4.79 Å². The number of thioether (sulfide) groups is 1. The van der Waals surface area contributed by atoms with Gasteiger partial charge < -0.3 is 4.74 Å². The third kappa shape index (κ3) is 3.12. The number of aromatic nitrogens is 4. The minimum atomic E-state index is -0.694. The highest BCUT2D eigenvalue weighted by Crippen LogP contribution is 2.43. The van der Waals surface area contributed by atoms with Gasteiger partial charge >= 0.3 is 0 Å². The molecule has 1 atom stereocenters. The highest BCUT2D eigenvalue weighted by Gasteiger charge is 2.35. The van der Waals surface area contributed by atoms with Crippen LogP contribution in [0.2, 0.25) is 0 Å². The molecule has 3 aromatic rings. The van der Waals surface area contributed by atoms with Gasteiger partial charge in [-0.15, -0.1) is 10.2 Å². The van der Waals surface area contributed by atoms with E-state index in [0.29, 0.717) is 28.8 Å². The Labute approximate surface area is 160 Å². The molecule has 1 amide bonds. The van der Waals surface area contributed by atoms with Crippen LogP contribution >= 0.6 is 11.8 Å². The Kier molecular flexibility index (Phi) is 4.72. The number of ether oxygens (including phenoxy) is 1. The Morgan fingerprint density at radius 3 is 2.81 bits per heavy atom. The first-order valence-corrected chi connectivity index (χ1v) is 9.72. The monoisotopic (exact) mass is 379 g/mol. The van der Waals surface area contributed by atoms with E-state index in [1.165, 1.54) is 11.8 Å². The standard InChI is InChI=1S/C19H17N5O2S/c1-3-15(25)24-14-9-5-4-8-13(14)16-17(21-19(27-2)23-22-16)26-18(24)12-7-6-10-20-11-12/h4-11,18H,3H2,1-2H3/t18-/m0/s1. The number of fused-ring (bicyclic) bond motifs is 3. The number of para-hydroxylation sites is 1. The lowest BCUT2D eigenvalue weighted by Gasteiger charge is -2.30. The van der Waals surface area contributed by atoms with Crippen molar-refractivity contribution in [3.8, 4) is 17.1 Å². The van der Waals surface area contributed by atoms with Crippen LogP contribution in [-0.4, -0.2) is 32.3 Å². The largest absolute Gasteiger partial charge is 0.447 e. The number of carbonyl (C=O) groups excluding carboxylic acids is 1. The Morgan fingerprint density at radius 2 is 2.07 bits per heavy atom. The molecule has 0 radical (unpaired) electrons. The second-order valence-electron chi connectivity index (χ2n) is 5.84. The van der Waals surface area contributed by atoms with E-state index in [9.17, 15) is 4.79 Å². The summed E-state index contributed by atoms with van der Waals surface area (Å²) >= 11 is 1.38. The number of hydrogen-bond acceptors (Lipinski definition) is 7. The van der Waals surface area contributed by atoms with E-state index in [1.807, 2.05) is 49.6 Å². The zero-order chi connectivity index (χ0) is 18.8. The number of benzene rings is 1. The Bertz CT molecular complexity index is 983. The van der Waals surface area contributed by atoms with Gasteiger partial charge in [0.15, 0.2) is 5.69 Å². The van der Waals surface area contributed by atoms with Gasteiger partial charge in [0.2, 0.25) is 23.2 Å². The van der Waals surface area contributed by atoms with E-state index in [1.54, 1.807) is 17.3 Å². The van der Waals surface area contributed by atoms with Crippen molar-refractivity contribution in [1.82, 2.24) is 20.2 Å². The summed E-state index contributed by atoms with van der Waals surface area (Å²) in [6.07, 6.45) is 4.89. The molecule has 7 nitrogen and oxygen atoms in total. The molecule has 0 aliphatic carbocycles. The first-order valence-electron chi connectivity index (χ1n) is 8.49. The van der Waals surface area contributed by atoms with Gasteiger partial charge in [0.1, 0.15) is 0 Å². The van der Waals surface area contributed by atoms with Crippen molar-refractivity contribution < 1.29 is 9.53 Å². The van der Waals surface area contributed by atoms with Gasteiger partial charge in [0.25, 0.3) is 0 Å². The highest BCUT2D eigenvalue weighted by atomic mass is 32.2. The first kappa shape index (κ1) is 17.4. The lowest BCUT2D eigenvalue weighted by Crippen LogP contribution is -2.37. The lowest BCUT2D eigenvalue weighted by molar-refractivity contribution is -0.120. The van der Waals surface area contributed by atoms with Crippen molar-refractivity contribution >= 4 is 23.4 Å². The van der Waals surface area contributed by atoms with Gasteiger partial charge in [-0.2, -0.15) is 4.98 Å². The van der Waals surface area contributed by atoms with Crippen LogP contribution in [0, 0.1) is 0 Å². The fraction of sp³-hybridized carbons (Fsp3) is 0.211. The van der Waals surface area contributed by atoms with Crippen LogP contribution in [0.5, 0.6) is 5.88 Å². The molecule has 0 fully saturated rings. The molecule has 8 heteroatoms. The summed E-state index contributed by atoms with van der Waals surface area (Å²) in [5.41, 5.74) is 2.74. The second kappa shape index (κ2) is 7.32. The van der Waals surface area contributed by atoms with Gasteiger partial charge in [0, 0.05) is 29.9 Å². The summed E-state index contributed by atoms with van der Waals surface area (Å²) < 4.78 is 6.24. The maximum atomic E-state index is 12.9. The summed E-state index contributed by atoms with van der Waals surface area (Å²) in [5.74, 6) is 0.282. The van der Waals surface area contributed by atoms with Crippen LogP contribution in [0.1, 0.15) is 25.1 Å². The van der Waals surface area contributed by atoms with E-state index in [4.69, 9.17) is 4.74 Å². The Hall–Kier alpha value is -3.00. The number of rotatable bonds is 3. The average molecular weight is 379 g/mol. The summed E-state index contributed by atoms with van der Waals surface area (Å²) in [7, 11) is 0. The number of pyridine rings is 1. The minimum absolute atomic E-state index is 0.0674. The summed E-state index contributed by atoms with van der Waals surface area (Å²) in [6.45, 7) is 1.83. The molecule has 1 aliphatic heterocycles. The highest BCUT2D eigenvalue weighted by molar-refractivity contribution is 7.98. The van der Waals surface area contributed by atoms with Crippen molar-refractivity contribution in [2.45, 2.75) is 24.7 Å². The van der Waals surface area contributed by atoms with Crippen LogP contribution in [0.25, 0.3) is 11.3 Å². The molecule has 4 rings (SSSR count). The Balaban J connectivity index is 1.98. The molecule has 136 valence electrons. The Morgan fingerprint density at radius 1 is 1.22 bits per heavy atom. The van der Waals surface area contributed by atoms with Gasteiger partial charge in [-0.3, -0.25) is 14.7 Å². The first-order chi connectivity index (χ1) is 13.2. The maximum Gasteiger partial charge on any atom is 0.247 e. The van der Waals surface area contributed by atoms with Crippen molar-refractivity contribution in [3.63, 3.8) is 0 Å². The topological polar surface area (TPSA) is 81.1 Å². The van der Waals surface area contributed by atoms with Crippen molar-refractivity contribution in [2.24, 2.45) is 0 Å². The SMILES string of the molecule is CCC(=O)N1c2ccccc2-c2nnc(SC)nc2O[C@H]1c1cccnc1. The van der Waals surface area contributed by atoms with Crippen LogP contribution in [0.3, 0.4) is 0 Å². The molecule has 0 unspecified atom stereocenters. The van der Waals surface area contributed by atoms with Crippen LogP contribution in [0.15, 0.2) is 53.9 Å². The molecule has 0 saturated heterocycles. The summed E-state index contributed by atoms with van der Waals surface area (Å²) in [5, 5.41) is 8.98. The zero-order valence-electron chi connectivity index (χ0n) is 14.9. The predicted molar refractivity (Wildman–Crippen MR) is 102 cm³/mol. The third-order valence-electron chi connectivity index (χ3n) is 4.24.